The zero-order valence-corrected chi connectivity index (χ0v) is 12.5. The molecule has 2 fully saturated rings. The molecule has 2 aromatic rings. The summed E-state index contributed by atoms with van der Waals surface area (Å²) >= 11 is 0. The number of hydrogen-bond donors (Lipinski definition) is 2. The number of aromatic nitrogens is 1. The van der Waals surface area contributed by atoms with E-state index in [-0.39, 0.29) is 23.6 Å². The molecule has 2 saturated heterocycles. The predicted molar refractivity (Wildman–Crippen MR) is 85.6 cm³/mol. The number of para-hydroxylation sites is 1. The Morgan fingerprint density at radius 2 is 2.04 bits per heavy atom. The highest BCUT2D eigenvalue weighted by Gasteiger charge is 2.38. The summed E-state index contributed by atoms with van der Waals surface area (Å²) in [6.07, 6.45) is 2.37. The third-order valence-corrected chi connectivity index (χ3v) is 4.77. The van der Waals surface area contributed by atoms with Crippen LogP contribution in [0.15, 0.2) is 30.3 Å². The van der Waals surface area contributed by atoms with Crippen molar-refractivity contribution in [3.8, 4) is 0 Å². The molecule has 0 spiro atoms. The molecule has 6 nitrogen and oxygen atoms in total. The Kier molecular flexibility index (Phi) is 3.18. The van der Waals surface area contributed by atoms with Gasteiger partial charge < -0.3 is 15.3 Å². The lowest BCUT2D eigenvalue weighted by atomic mass is 10.1. The van der Waals surface area contributed by atoms with Crippen molar-refractivity contribution in [1.82, 2.24) is 10.3 Å². The molecule has 1 aromatic carbocycles. The number of benzene rings is 1. The molecule has 23 heavy (non-hydrogen) atoms. The van der Waals surface area contributed by atoms with Crippen LogP contribution in [0, 0.1) is 0 Å². The second-order valence-corrected chi connectivity index (χ2v) is 6.15. The summed E-state index contributed by atoms with van der Waals surface area (Å²) in [6, 6.07) is 9.19. The first-order chi connectivity index (χ1) is 11.1. The van der Waals surface area contributed by atoms with Crippen LogP contribution in [0.25, 0.3) is 10.9 Å². The Bertz CT molecular complexity index is 805. The molecule has 0 unspecified atom stereocenters. The van der Waals surface area contributed by atoms with E-state index >= 15 is 0 Å². The van der Waals surface area contributed by atoms with Gasteiger partial charge in [0.15, 0.2) is 0 Å². The van der Waals surface area contributed by atoms with Crippen LogP contribution < -0.4 is 10.2 Å². The van der Waals surface area contributed by atoms with Gasteiger partial charge in [-0.25, -0.2) is 9.78 Å². The van der Waals surface area contributed by atoms with Crippen molar-refractivity contribution in [2.45, 2.75) is 31.3 Å². The van der Waals surface area contributed by atoms with Crippen molar-refractivity contribution < 1.29 is 14.7 Å². The van der Waals surface area contributed by atoms with Gasteiger partial charge in [-0.05, 0) is 25.0 Å². The van der Waals surface area contributed by atoms with E-state index in [1.807, 2.05) is 18.2 Å². The fraction of sp³-hybridized carbons (Fsp3) is 0.353. The Hall–Kier alpha value is -2.63. The number of aromatic carboxylic acids is 1. The minimum Gasteiger partial charge on any atom is -0.478 e. The number of pyridine rings is 1. The smallest absolute Gasteiger partial charge is 0.336 e. The van der Waals surface area contributed by atoms with Crippen LogP contribution in [0.4, 0.5) is 5.82 Å². The summed E-state index contributed by atoms with van der Waals surface area (Å²) in [7, 11) is 0. The average Bonchev–Trinajstić information content (AvgIpc) is 2.85. The highest BCUT2D eigenvalue weighted by Crippen LogP contribution is 2.34. The summed E-state index contributed by atoms with van der Waals surface area (Å²) in [5, 5.41) is 13.1. The molecule has 3 heterocycles. The van der Waals surface area contributed by atoms with Crippen molar-refractivity contribution in [2.75, 3.05) is 11.4 Å². The number of carbonyl (C=O) groups excluding carboxylic acids is 1. The number of carboxylic acid groups (broad SMARTS) is 1. The van der Waals surface area contributed by atoms with Gasteiger partial charge in [0.25, 0.3) is 0 Å². The van der Waals surface area contributed by atoms with Crippen LogP contribution >= 0.6 is 0 Å². The Morgan fingerprint density at radius 3 is 2.87 bits per heavy atom. The van der Waals surface area contributed by atoms with Crippen LogP contribution in [-0.2, 0) is 4.79 Å². The number of fused-ring (bicyclic) bond motifs is 3. The molecule has 118 valence electrons. The van der Waals surface area contributed by atoms with Crippen molar-refractivity contribution in [3.05, 3.63) is 35.9 Å². The maximum absolute atomic E-state index is 11.8. The predicted octanol–water partition coefficient (Wildman–Crippen LogP) is 1.79. The van der Waals surface area contributed by atoms with E-state index in [0.29, 0.717) is 29.7 Å². The van der Waals surface area contributed by atoms with E-state index in [1.165, 1.54) is 0 Å². The molecule has 2 bridgehead atoms. The third kappa shape index (κ3) is 2.30. The minimum atomic E-state index is -0.957. The maximum atomic E-state index is 11.8. The Morgan fingerprint density at radius 1 is 1.26 bits per heavy atom. The fourth-order valence-electron chi connectivity index (χ4n) is 3.72. The van der Waals surface area contributed by atoms with Crippen LogP contribution in [0.3, 0.4) is 0 Å². The van der Waals surface area contributed by atoms with E-state index in [0.717, 1.165) is 12.8 Å². The molecule has 0 aliphatic carbocycles. The Balaban J connectivity index is 1.85. The van der Waals surface area contributed by atoms with Gasteiger partial charge >= 0.3 is 5.97 Å². The standard InChI is InChI=1S/C17H17N3O3/c21-16-7-10-5-6-11(9-18-16)20(10)15-8-13(17(22)23)12-3-1-2-4-14(12)19-15/h1-4,8,10-11H,5-7,9H2,(H,18,21)(H,22,23)/t10-,11+/m0/s1. The number of carbonyl (C=O) groups is 2. The molecular weight excluding hydrogens is 294 g/mol. The van der Waals surface area contributed by atoms with Crippen LogP contribution in [0.2, 0.25) is 0 Å². The molecule has 1 amide bonds. The fourth-order valence-corrected chi connectivity index (χ4v) is 3.72. The van der Waals surface area contributed by atoms with E-state index in [9.17, 15) is 14.7 Å². The SMILES string of the molecule is O=C1C[C@@H]2CC[C@H](CN1)N2c1cc(C(=O)O)c2ccccc2n1. The largest absolute Gasteiger partial charge is 0.478 e. The molecule has 1 aromatic heterocycles. The molecular formula is C17H17N3O3. The van der Waals surface area contributed by atoms with Gasteiger partial charge in [-0.1, -0.05) is 18.2 Å². The maximum Gasteiger partial charge on any atom is 0.336 e. The van der Waals surface area contributed by atoms with Crippen LogP contribution in [0.1, 0.15) is 29.6 Å². The number of nitrogens with one attached hydrogen (secondary N) is 1. The van der Waals surface area contributed by atoms with E-state index in [4.69, 9.17) is 0 Å². The molecule has 2 aliphatic rings. The number of hydrogen-bond acceptors (Lipinski definition) is 4. The van der Waals surface area contributed by atoms with E-state index < -0.39 is 5.97 Å². The second kappa shape index (κ2) is 5.22. The summed E-state index contributed by atoms with van der Waals surface area (Å²) in [6.45, 7) is 0.590. The number of nitrogens with zero attached hydrogens (tertiary/aromatic N) is 2. The van der Waals surface area contributed by atoms with Gasteiger partial charge in [-0.15, -0.1) is 0 Å². The minimum absolute atomic E-state index is 0.0569. The van der Waals surface area contributed by atoms with Crippen molar-refractivity contribution >= 4 is 28.6 Å². The number of rotatable bonds is 2. The lowest BCUT2D eigenvalue weighted by molar-refractivity contribution is -0.121. The van der Waals surface area contributed by atoms with Gasteiger partial charge in [0.2, 0.25) is 5.91 Å². The summed E-state index contributed by atoms with van der Waals surface area (Å²) in [5.74, 6) is -0.243. The van der Waals surface area contributed by atoms with Gasteiger partial charge in [0, 0.05) is 30.4 Å². The molecule has 2 atom stereocenters. The van der Waals surface area contributed by atoms with Crippen LogP contribution in [-0.4, -0.2) is 40.6 Å². The molecule has 0 saturated carbocycles. The van der Waals surface area contributed by atoms with Gasteiger partial charge in [0.05, 0.1) is 11.1 Å². The zero-order chi connectivity index (χ0) is 16.0. The molecule has 2 N–H and O–H groups in total. The number of amides is 1. The van der Waals surface area contributed by atoms with Gasteiger partial charge in [0.1, 0.15) is 5.82 Å². The molecule has 4 rings (SSSR count). The van der Waals surface area contributed by atoms with Crippen molar-refractivity contribution in [1.29, 1.82) is 0 Å². The van der Waals surface area contributed by atoms with E-state index in [2.05, 4.69) is 15.2 Å². The number of carboxylic acids is 1. The first-order valence-corrected chi connectivity index (χ1v) is 7.81. The highest BCUT2D eigenvalue weighted by atomic mass is 16.4. The van der Waals surface area contributed by atoms with Gasteiger partial charge in [-0.3, -0.25) is 4.79 Å². The zero-order valence-electron chi connectivity index (χ0n) is 12.5. The molecule has 2 aliphatic heterocycles. The topological polar surface area (TPSA) is 82.5 Å². The Labute approximate surface area is 133 Å². The summed E-state index contributed by atoms with van der Waals surface area (Å²) in [4.78, 5) is 30.2. The molecule has 6 heteroatoms. The lowest BCUT2D eigenvalue weighted by Crippen LogP contribution is -2.38. The first kappa shape index (κ1) is 14.0. The number of anilines is 1. The third-order valence-electron chi connectivity index (χ3n) is 4.77. The van der Waals surface area contributed by atoms with Gasteiger partial charge in [-0.2, -0.15) is 0 Å². The molecule has 0 radical (unpaired) electrons. The van der Waals surface area contributed by atoms with E-state index in [1.54, 1.807) is 12.1 Å². The summed E-state index contributed by atoms with van der Waals surface area (Å²) < 4.78 is 0. The monoisotopic (exact) mass is 311 g/mol. The highest BCUT2D eigenvalue weighted by molar-refractivity contribution is 6.03. The quantitative estimate of drug-likeness (QED) is 0.883. The lowest BCUT2D eigenvalue weighted by Gasteiger charge is -2.29. The average molecular weight is 311 g/mol. The van der Waals surface area contributed by atoms with Crippen LogP contribution in [0.5, 0.6) is 0 Å². The first-order valence-electron chi connectivity index (χ1n) is 7.81. The van der Waals surface area contributed by atoms with Crippen molar-refractivity contribution in [3.63, 3.8) is 0 Å². The second-order valence-electron chi connectivity index (χ2n) is 6.15. The summed E-state index contributed by atoms with van der Waals surface area (Å²) in [5.41, 5.74) is 0.930. The normalized spacial score (nSPS) is 23.7. The van der Waals surface area contributed by atoms with Crippen molar-refractivity contribution in [2.24, 2.45) is 0 Å².